The average Bonchev–Trinajstić information content (AvgIpc) is 2.94. The minimum atomic E-state index is -0.293. The molecule has 44 heavy (non-hydrogen) atoms. The van der Waals surface area contributed by atoms with Gasteiger partial charge in [0, 0.05) is 11.5 Å². The fraction of sp³-hybridized carbons (Fsp3) is 0.725. The maximum atomic E-state index is 13.1. The van der Waals surface area contributed by atoms with Crippen LogP contribution < -0.4 is 4.74 Å². The van der Waals surface area contributed by atoms with Crippen LogP contribution in [-0.2, 0) is 9.53 Å². The third-order valence-electron chi connectivity index (χ3n) is 14.6. The smallest absolute Gasteiger partial charge is 0.331 e. The predicted molar refractivity (Wildman–Crippen MR) is 178 cm³/mol. The third kappa shape index (κ3) is 4.79. The molecule has 0 spiro atoms. The van der Waals surface area contributed by atoms with Crippen LogP contribution in [0.4, 0.5) is 0 Å². The number of methoxy groups -OCH3 is 1. The van der Waals surface area contributed by atoms with Gasteiger partial charge in [-0.05, 0) is 133 Å². The highest BCUT2D eigenvalue weighted by molar-refractivity contribution is 5.87. The van der Waals surface area contributed by atoms with Crippen molar-refractivity contribution in [3.8, 4) is 11.5 Å². The molecular formula is C40H58O4. The molecule has 4 fully saturated rings. The van der Waals surface area contributed by atoms with E-state index in [2.05, 4.69) is 61.5 Å². The van der Waals surface area contributed by atoms with Crippen LogP contribution in [0.5, 0.6) is 11.5 Å². The van der Waals surface area contributed by atoms with E-state index in [1.54, 1.807) is 24.3 Å². The first-order valence-electron chi connectivity index (χ1n) is 17.5. The number of carbonyl (C=O) groups excluding carboxylic acids is 1. The number of hydrogen-bond acceptors (Lipinski definition) is 4. The Labute approximate surface area is 267 Å². The molecule has 0 amide bonds. The second kappa shape index (κ2) is 10.4. The van der Waals surface area contributed by atoms with Crippen molar-refractivity contribution < 1.29 is 19.4 Å². The van der Waals surface area contributed by atoms with Gasteiger partial charge in [-0.2, -0.15) is 0 Å². The van der Waals surface area contributed by atoms with Crippen molar-refractivity contribution in [1.82, 2.24) is 0 Å². The van der Waals surface area contributed by atoms with Gasteiger partial charge in [0.2, 0.25) is 0 Å². The number of aromatic hydroxyl groups is 1. The largest absolute Gasteiger partial charge is 0.504 e. The molecule has 5 aliphatic rings. The summed E-state index contributed by atoms with van der Waals surface area (Å²) in [4.78, 5) is 13.1. The Hall–Kier alpha value is -2.23. The number of ether oxygens (including phenoxy) is 2. The fourth-order valence-electron chi connectivity index (χ4n) is 12.2. The summed E-state index contributed by atoms with van der Waals surface area (Å²) >= 11 is 0. The molecule has 0 saturated heterocycles. The molecule has 4 nitrogen and oxygen atoms in total. The highest BCUT2D eigenvalue weighted by Crippen LogP contribution is 2.75. The minimum Gasteiger partial charge on any atom is -0.504 e. The molecule has 0 aromatic heterocycles. The summed E-state index contributed by atoms with van der Waals surface area (Å²) in [6.45, 7) is 20.3. The molecule has 0 heterocycles. The van der Waals surface area contributed by atoms with Crippen LogP contribution in [0.15, 0.2) is 35.9 Å². The van der Waals surface area contributed by atoms with E-state index in [-0.39, 0.29) is 34.1 Å². The van der Waals surface area contributed by atoms with Crippen LogP contribution in [0.3, 0.4) is 0 Å². The van der Waals surface area contributed by atoms with Crippen molar-refractivity contribution in [1.29, 1.82) is 0 Å². The average molecular weight is 603 g/mol. The van der Waals surface area contributed by atoms with Gasteiger partial charge in [-0.15, -0.1) is 0 Å². The molecule has 0 bridgehead atoms. The number of rotatable bonds is 4. The molecule has 1 aromatic rings. The molecule has 4 saturated carbocycles. The first-order chi connectivity index (χ1) is 20.5. The molecule has 1 N–H and O–H groups in total. The number of phenolic OH excluding ortho intramolecular Hbond substituents is 1. The zero-order valence-corrected chi connectivity index (χ0v) is 29.0. The second-order valence-corrected chi connectivity index (χ2v) is 18.0. The van der Waals surface area contributed by atoms with Gasteiger partial charge in [-0.3, -0.25) is 0 Å². The lowest BCUT2D eigenvalue weighted by Gasteiger charge is -2.70. The van der Waals surface area contributed by atoms with E-state index in [0.29, 0.717) is 33.8 Å². The van der Waals surface area contributed by atoms with E-state index >= 15 is 0 Å². The Kier molecular flexibility index (Phi) is 7.50. The Morgan fingerprint density at radius 1 is 0.864 bits per heavy atom. The molecular weight excluding hydrogens is 544 g/mol. The van der Waals surface area contributed by atoms with Gasteiger partial charge in [0.05, 0.1) is 7.11 Å². The maximum absolute atomic E-state index is 13.1. The number of esters is 1. The van der Waals surface area contributed by atoms with E-state index in [1.165, 1.54) is 64.6 Å². The lowest BCUT2D eigenvalue weighted by atomic mass is 9.34. The number of phenols is 1. The van der Waals surface area contributed by atoms with Crippen LogP contribution >= 0.6 is 0 Å². The predicted octanol–water partition coefficient (Wildman–Crippen LogP) is 10.1. The number of allylic oxidation sites excluding steroid dienone is 2. The quantitative estimate of drug-likeness (QED) is 0.212. The molecule has 6 rings (SSSR count). The topological polar surface area (TPSA) is 55.8 Å². The monoisotopic (exact) mass is 602 g/mol. The van der Waals surface area contributed by atoms with Crippen molar-refractivity contribution >= 4 is 12.0 Å². The van der Waals surface area contributed by atoms with Crippen LogP contribution in [0.25, 0.3) is 6.08 Å². The van der Waals surface area contributed by atoms with Gasteiger partial charge < -0.3 is 14.6 Å². The molecule has 242 valence electrons. The fourth-order valence-corrected chi connectivity index (χ4v) is 12.2. The number of hydrogen-bond donors (Lipinski definition) is 1. The van der Waals surface area contributed by atoms with Crippen LogP contribution in [0.1, 0.15) is 125 Å². The van der Waals surface area contributed by atoms with Gasteiger partial charge in [-0.1, -0.05) is 73.1 Å². The molecule has 1 aromatic carbocycles. The van der Waals surface area contributed by atoms with Gasteiger partial charge in [0.25, 0.3) is 0 Å². The first-order valence-corrected chi connectivity index (χ1v) is 17.5. The standard InChI is InChI=1S/C40H58O4/c1-35(2)22-23-37(5)18-14-30-39(7)19-15-29-36(3,4)33(44-34(42)13-11-26-10-12-27(41)28(24-26)43-9)17-21-38(29,6)31(39)16-20-40(30,8)32(37)25-35/h10-14,24,29,31-33,41H,15-23,25H2,1-9H3/t29-,31+,32+,33+,37-,38-,39-,40+/m0/s1. The van der Waals surface area contributed by atoms with Crippen molar-refractivity contribution in [2.24, 2.45) is 50.2 Å². The summed E-state index contributed by atoms with van der Waals surface area (Å²) in [5.41, 5.74) is 4.23. The SMILES string of the molecule is COc1cc(C=CC(=O)O[C@@H]2CC[C@]3(C)[C@H]4CC[C@]5(C)C(=CC[C@@]6(C)CCC(C)(C)C[C@H]65)[C@]4(C)CC[C@H]3C2(C)C)ccc1O. The van der Waals surface area contributed by atoms with Crippen LogP contribution in [-0.4, -0.2) is 24.3 Å². The van der Waals surface area contributed by atoms with Gasteiger partial charge in [0.15, 0.2) is 11.5 Å². The number of benzene rings is 1. The lowest BCUT2D eigenvalue weighted by molar-refractivity contribution is -0.197. The highest BCUT2D eigenvalue weighted by atomic mass is 16.5. The van der Waals surface area contributed by atoms with Crippen molar-refractivity contribution in [2.75, 3.05) is 7.11 Å². The van der Waals surface area contributed by atoms with E-state index < -0.39 is 0 Å². The number of carbonyl (C=O) groups is 1. The van der Waals surface area contributed by atoms with Crippen molar-refractivity contribution in [3.05, 3.63) is 41.5 Å². The maximum Gasteiger partial charge on any atom is 0.331 e. The molecule has 0 radical (unpaired) electrons. The van der Waals surface area contributed by atoms with E-state index in [0.717, 1.165) is 24.3 Å². The Morgan fingerprint density at radius 2 is 1.55 bits per heavy atom. The van der Waals surface area contributed by atoms with Crippen LogP contribution in [0, 0.1) is 50.2 Å². The van der Waals surface area contributed by atoms with Crippen molar-refractivity contribution in [2.45, 2.75) is 126 Å². The van der Waals surface area contributed by atoms with E-state index in [9.17, 15) is 9.90 Å². The molecule has 5 aliphatic carbocycles. The summed E-state index contributed by atoms with van der Waals surface area (Å²) < 4.78 is 11.5. The second-order valence-electron chi connectivity index (χ2n) is 18.0. The molecule has 8 atom stereocenters. The van der Waals surface area contributed by atoms with Gasteiger partial charge in [0.1, 0.15) is 6.10 Å². The molecule has 0 aliphatic heterocycles. The summed E-state index contributed by atoms with van der Waals surface area (Å²) in [7, 11) is 1.52. The van der Waals surface area contributed by atoms with E-state index in [4.69, 9.17) is 9.47 Å². The molecule has 0 unspecified atom stereocenters. The first kappa shape index (κ1) is 31.7. The minimum absolute atomic E-state index is 0.0848. The number of fused-ring (bicyclic) bond motifs is 7. The Balaban J connectivity index is 1.21. The van der Waals surface area contributed by atoms with Gasteiger partial charge >= 0.3 is 5.97 Å². The van der Waals surface area contributed by atoms with Crippen molar-refractivity contribution in [3.63, 3.8) is 0 Å². The molecule has 4 heteroatoms. The third-order valence-corrected chi connectivity index (χ3v) is 14.6. The van der Waals surface area contributed by atoms with E-state index in [1.807, 2.05) is 5.57 Å². The lowest BCUT2D eigenvalue weighted by Crippen LogP contribution is -2.63. The zero-order chi connectivity index (χ0) is 31.9. The Bertz CT molecular complexity index is 1370. The summed E-state index contributed by atoms with van der Waals surface area (Å²) in [6.07, 6.45) is 18.4. The Morgan fingerprint density at radius 3 is 2.25 bits per heavy atom. The van der Waals surface area contributed by atoms with Gasteiger partial charge in [-0.25, -0.2) is 4.79 Å². The highest BCUT2D eigenvalue weighted by Gasteiger charge is 2.67. The summed E-state index contributed by atoms with van der Waals surface area (Å²) in [5, 5.41) is 9.89. The summed E-state index contributed by atoms with van der Waals surface area (Å²) in [5.74, 6) is 2.16. The van der Waals surface area contributed by atoms with Crippen LogP contribution in [0.2, 0.25) is 0 Å². The summed E-state index contributed by atoms with van der Waals surface area (Å²) in [6, 6.07) is 5.07. The normalized spacial score (nSPS) is 42.2. The zero-order valence-electron chi connectivity index (χ0n) is 29.0.